The topological polar surface area (TPSA) is 6.48 Å². The summed E-state index contributed by atoms with van der Waals surface area (Å²) in [6.45, 7) is 9.39. The van der Waals surface area contributed by atoms with Crippen molar-refractivity contribution in [2.75, 3.05) is 13.1 Å². The van der Waals surface area contributed by atoms with Gasteiger partial charge in [0.25, 0.3) is 0 Å². The molecule has 29 heavy (non-hydrogen) atoms. The molecule has 0 aliphatic carbocycles. The fourth-order valence-electron chi connectivity index (χ4n) is 4.57. The average molecular weight is 407 g/mol. The van der Waals surface area contributed by atoms with Crippen LogP contribution < -0.4 is 0 Å². The lowest BCUT2D eigenvalue weighted by atomic mass is 10.0. The molecule has 0 aromatic carbocycles. The number of nitrogens with zero attached hydrogens (tertiary/aromatic N) is 2. The van der Waals surface area contributed by atoms with E-state index in [2.05, 4.69) is 43.0 Å². The van der Waals surface area contributed by atoms with E-state index in [1.807, 2.05) is 0 Å². The third-order valence-corrected chi connectivity index (χ3v) is 6.57. The second-order valence-corrected chi connectivity index (χ2v) is 9.35. The maximum absolute atomic E-state index is 2.63. The molecule has 1 aliphatic rings. The van der Waals surface area contributed by atoms with Crippen molar-refractivity contribution >= 4 is 0 Å². The highest BCUT2D eigenvalue weighted by molar-refractivity contribution is 4.96. The Balaban J connectivity index is 2.05. The SMILES string of the molecule is CCCCCCCCCCCCCCCC1N(CCCC)C=CN1CCCCC. The Bertz CT molecular complexity index is 366. The number of rotatable bonds is 21. The van der Waals surface area contributed by atoms with E-state index in [-0.39, 0.29) is 0 Å². The van der Waals surface area contributed by atoms with Crippen LogP contribution in [0.1, 0.15) is 143 Å². The Morgan fingerprint density at radius 3 is 1.31 bits per heavy atom. The Kier molecular flexibility index (Phi) is 17.6. The maximum Gasteiger partial charge on any atom is 0.101 e. The van der Waals surface area contributed by atoms with Crippen molar-refractivity contribution in [3.63, 3.8) is 0 Å². The van der Waals surface area contributed by atoms with E-state index < -0.39 is 0 Å². The fourth-order valence-corrected chi connectivity index (χ4v) is 4.57. The summed E-state index contributed by atoms with van der Waals surface area (Å²) in [6.07, 6.45) is 32.2. The fraction of sp³-hybridized carbons (Fsp3) is 0.926. The molecule has 1 rings (SSSR count). The van der Waals surface area contributed by atoms with Gasteiger partial charge in [-0.25, -0.2) is 0 Å². The van der Waals surface area contributed by atoms with Gasteiger partial charge in [-0.3, -0.25) is 0 Å². The molecule has 0 N–H and O–H groups in total. The predicted molar refractivity (Wildman–Crippen MR) is 131 cm³/mol. The molecule has 1 atom stereocenters. The van der Waals surface area contributed by atoms with Crippen molar-refractivity contribution in [1.29, 1.82) is 0 Å². The first-order valence-corrected chi connectivity index (χ1v) is 13.5. The minimum Gasteiger partial charge on any atom is -0.356 e. The summed E-state index contributed by atoms with van der Waals surface area (Å²) >= 11 is 0. The summed E-state index contributed by atoms with van der Waals surface area (Å²) in [6, 6.07) is 0. The van der Waals surface area contributed by atoms with Crippen molar-refractivity contribution < 1.29 is 0 Å². The Morgan fingerprint density at radius 2 is 0.828 bits per heavy atom. The lowest BCUT2D eigenvalue weighted by molar-refractivity contribution is 0.136. The van der Waals surface area contributed by atoms with Gasteiger partial charge in [-0.1, -0.05) is 117 Å². The van der Waals surface area contributed by atoms with Gasteiger partial charge in [0, 0.05) is 25.5 Å². The van der Waals surface area contributed by atoms with Gasteiger partial charge in [-0.05, 0) is 25.7 Å². The van der Waals surface area contributed by atoms with Crippen molar-refractivity contribution in [1.82, 2.24) is 9.80 Å². The van der Waals surface area contributed by atoms with Crippen LogP contribution in [-0.4, -0.2) is 29.1 Å². The summed E-state index contributed by atoms with van der Waals surface area (Å²) in [4.78, 5) is 5.25. The van der Waals surface area contributed by atoms with Gasteiger partial charge in [0.05, 0.1) is 0 Å². The second-order valence-electron chi connectivity index (χ2n) is 9.35. The molecular weight excluding hydrogens is 352 g/mol. The molecule has 2 heteroatoms. The summed E-state index contributed by atoms with van der Waals surface area (Å²) in [5.41, 5.74) is 0. The van der Waals surface area contributed by atoms with E-state index >= 15 is 0 Å². The van der Waals surface area contributed by atoms with Crippen LogP contribution in [0.4, 0.5) is 0 Å². The molecule has 0 saturated heterocycles. The first kappa shape index (κ1) is 26.4. The highest BCUT2D eigenvalue weighted by atomic mass is 15.4. The predicted octanol–water partition coefficient (Wildman–Crippen LogP) is 8.87. The van der Waals surface area contributed by atoms with E-state index in [0.717, 1.165) is 0 Å². The van der Waals surface area contributed by atoms with E-state index in [9.17, 15) is 0 Å². The zero-order chi connectivity index (χ0) is 21.0. The monoisotopic (exact) mass is 406 g/mol. The van der Waals surface area contributed by atoms with Gasteiger partial charge in [0.15, 0.2) is 0 Å². The Labute approximate surface area is 184 Å². The molecular formula is C27H54N2. The van der Waals surface area contributed by atoms with Gasteiger partial charge in [-0.2, -0.15) is 0 Å². The first-order chi connectivity index (χ1) is 14.3. The highest BCUT2D eigenvalue weighted by Gasteiger charge is 2.24. The molecule has 0 aromatic heterocycles. The summed E-state index contributed by atoms with van der Waals surface area (Å²) < 4.78 is 0. The molecule has 0 fully saturated rings. The van der Waals surface area contributed by atoms with E-state index in [0.29, 0.717) is 6.17 Å². The number of unbranched alkanes of at least 4 members (excludes halogenated alkanes) is 15. The van der Waals surface area contributed by atoms with Crippen LogP contribution in [0.25, 0.3) is 0 Å². The summed E-state index contributed by atoms with van der Waals surface area (Å²) in [5.74, 6) is 0. The highest BCUT2D eigenvalue weighted by Crippen LogP contribution is 2.23. The molecule has 0 saturated carbocycles. The quantitative estimate of drug-likeness (QED) is 0.176. The van der Waals surface area contributed by atoms with Crippen molar-refractivity contribution in [3.8, 4) is 0 Å². The van der Waals surface area contributed by atoms with Crippen molar-refractivity contribution in [2.24, 2.45) is 0 Å². The molecule has 0 spiro atoms. The smallest absolute Gasteiger partial charge is 0.101 e. The van der Waals surface area contributed by atoms with Crippen LogP contribution in [0.5, 0.6) is 0 Å². The number of hydrogen-bond donors (Lipinski definition) is 0. The third kappa shape index (κ3) is 13.3. The molecule has 2 nitrogen and oxygen atoms in total. The molecule has 0 amide bonds. The minimum atomic E-state index is 0.645. The standard InChI is InChI=1S/C27H54N2/c1-4-7-10-11-12-13-14-15-16-17-18-19-20-22-27-28(23-9-6-3)25-26-29(27)24-21-8-5-2/h25-27H,4-24H2,1-3H3. The van der Waals surface area contributed by atoms with Crippen molar-refractivity contribution in [2.45, 2.75) is 149 Å². The largest absolute Gasteiger partial charge is 0.356 e. The zero-order valence-corrected chi connectivity index (χ0v) is 20.5. The van der Waals surface area contributed by atoms with Crippen LogP contribution in [-0.2, 0) is 0 Å². The van der Waals surface area contributed by atoms with Gasteiger partial charge in [0.2, 0.25) is 0 Å². The van der Waals surface area contributed by atoms with Gasteiger partial charge < -0.3 is 9.80 Å². The van der Waals surface area contributed by atoms with Gasteiger partial charge >= 0.3 is 0 Å². The molecule has 172 valence electrons. The summed E-state index contributed by atoms with van der Waals surface area (Å²) in [5, 5.41) is 0. The molecule has 0 bridgehead atoms. The van der Waals surface area contributed by atoms with Gasteiger partial charge in [-0.15, -0.1) is 0 Å². The minimum absolute atomic E-state index is 0.645. The average Bonchev–Trinajstić information content (AvgIpc) is 3.11. The molecule has 0 aromatic rings. The molecule has 1 heterocycles. The number of hydrogen-bond acceptors (Lipinski definition) is 2. The van der Waals surface area contributed by atoms with Crippen LogP contribution in [0, 0.1) is 0 Å². The normalized spacial score (nSPS) is 16.3. The van der Waals surface area contributed by atoms with Crippen LogP contribution >= 0.6 is 0 Å². The van der Waals surface area contributed by atoms with Gasteiger partial charge in [0.1, 0.15) is 6.17 Å². The van der Waals surface area contributed by atoms with E-state index in [4.69, 9.17) is 0 Å². The third-order valence-electron chi connectivity index (χ3n) is 6.57. The Morgan fingerprint density at radius 1 is 0.448 bits per heavy atom. The molecule has 0 radical (unpaired) electrons. The zero-order valence-electron chi connectivity index (χ0n) is 20.5. The maximum atomic E-state index is 2.63. The van der Waals surface area contributed by atoms with Crippen LogP contribution in [0.2, 0.25) is 0 Å². The lowest BCUT2D eigenvalue weighted by Crippen LogP contribution is -2.39. The molecule has 1 unspecified atom stereocenters. The molecule has 1 aliphatic heterocycles. The van der Waals surface area contributed by atoms with E-state index in [1.54, 1.807) is 0 Å². The first-order valence-electron chi connectivity index (χ1n) is 13.5. The van der Waals surface area contributed by atoms with Crippen LogP contribution in [0.15, 0.2) is 12.4 Å². The Hall–Kier alpha value is -0.660. The summed E-state index contributed by atoms with van der Waals surface area (Å²) in [7, 11) is 0. The second kappa shape index (κ2) is 19.3. The van der Waals surface area contributed by atoms with Crippen LogP contribution in [0.3, 0.4) is 0 Å². The lowest BCUT2D eigenvalue weighted by Gasteiger charge is -2.33. The van der Waals surface area contributed by atoms with Crippen molar-refractivity contribution in [3.05, 3.63) is 12.4 Å². The van der Waals surface area contributed by atoms with E-state index in [1.165, 1.54) is 135 Å².